The maximum atomic E-state index is 5.20. The summed E-state index contributed by atoms with van der Waals surface area (Å²) < 4.78 is 5.20. The van der Waals surface area contributed by atoms with E-state index in [0.29, 0.717) is 0 Å². The fourth-order valence-corrected chi connectivity index (χ4v) is 2.18. The lowest BCUT2D eigenvalue weighted by atomic mass is 9.75. The van der Waals surface area contributed by atoms with Gasteiger partial charge >= 0.3 is 0 Å². The number of hydrogen-bond donors (Lipinski definition) is 0. The minimum atomic E-state index is -0.104. The van der Waals surface area contributed by atoms with Crippen molar-refractivity contribution in [3.63, 3.8) is 0 Å². The molecule has 0 N–H and O–H groups in total. The van der Waals surface area contributed by atoms with Crippen molar-refractivity contribution in [3.05, 3.63) is 72.3 Å². The van der Waals surface area contributed by atoms with Crippen LogP contribution in [-0.2, 0) is 5.41 Å². The molecule has 0 heterocycles. The Labute approximate surface area is 115 Å². The monoisotopic (exact) mass is 252 g/mol. The summed E-state index contributed by atoms with van der Waals surface area (Å²) in [5.74, 6) is 0.880. The third kappa shape index (κ3) is 2.70. The van der Waals surface area contributed by atoms with Crippen LogP contribution >= 0.6 is 0 Å². The average Bonchev–Trinajstić information content (AvgIpc) is 2.47. The maximum Gasteiger partial charge on any atom is 0.118 e. The van der Waals surface area contributed by atoms with Crippen LogP contribution in [0.25, 0.3) is 5.57 Å². The smallest absolute Gasteiger partial charge is 0.118 e. The van der Waals surface area contributed by atoms with Crippen molar-refractivity contribution in [2.75, 3.05) is 7.11 Å². The molecule has 0 amide bonds. The van der Waals surface area contributed by atoms with Gasteiger partial charge in [0.05, 0.1) is 7.11 Å². The molecule has 0 radical (unpaired) electrons. The van der Waals surface area contributed by atoms with Crippen molar-refractivity contribution < 1.29 is 4.74 Å². The van der Waals surface area contributed by atoms with Crippen LogP contribution in [0.2, 0.25) is 0 Å². The summed E-state index contributed by atoms with van der Waals surface area (Å²) in [6.45, 7) is 8.68. The molecule has 1 nitrogen and oxygen atoms in total. The predicted octanol–water partition coefficient (Wildman–Crippen LogP) is 4.69. The highest BCUT2D eigenvalue weighted by atomic mass is 16.5. The minimum Gasteiger partial charge on any atom is -0.497 e. The summed E-state index contributed by atoms with van der Waals surface area (Å²) >= 11 is 0. The van der Waals surface area contributed by atoms with Crippen LogP contribution < -0.4 is 4.74 Å². The van der Waals surface area contributed by atoms with Gasteiger partial charge in [0.25, 0.3) is 0 Å². The van der Waals surface area contributed by atoms with Crippen molar-refractivity contribution in [1.82, 2.24) is 0 Å². The molecule has 19 heavy (non-hydrogen) atoms. The van der Waals surface area contributed by atoms with Crippen LogP contribution in [0.4, 0.5) is 0 Å². The molecule has 2 aromatic rings. The zero-order valence-electron chi connectivity index (χ0n) is 11.8. The third-order valence-corrected chi connectivity index (χ3v) is 3.69. The maximum absolute atomic E-state index is 5.20. The first kappa shape index (κ1) is 13.4. The largest absolute Gasteiger partial charge is 0.497 e. The van der Waals surface area contributed by atoms with E-state index in [2.05, 4.69) is 44.7 Å². The van der Waals surface area contributed by atoms with E-state index in [4.69, 9.17) is 4.74 Å². The SMILES string of the molecule is C=C(c1ccccc1)C(C)(C)c1ccc(OC)cc1. The third-order valence-electron chi connectivity index (χ3n) is 3.69. The highest BCUT2D eigenvalue weighted by Gasteiger charge is 2.25. The molecule has 0 atom stereocenters. The second kappa shape index (κ2) is 5.31. The lowest BCUT2D eigenvalue weighted by Gasteiger charge is -2.28. The molecule has 0 aromatic heterocycles. The van der Waals surface area contributed by atoms with Gasteiger partial charge in [0, 0.05) is 5.41 Å². The first-order valence-electron chi connectivity index (χ1n) is 6.45. The fraction of sp³-hybridized carbons (Fsp3) is 0.222. The Morgan fingerprint density at radius 3 is 2.05 bits per heavy atom. The molecule has 0 aliphatic rings. The van der Waals surface area contributed by atoms with Gasteiger partial charge in [-0.3, -0.25) is 0 Å². The van der Waals surface area contributed by atoms with E-state index in [-0.39, 0.29) is 5.41 Å². The summed E-state index contributed by atoms with van der Waals surface area (Å²) in [6.07, 6.45) is 0. The Bertz CT molecular complexity index is 550. The molecule has 0 fully saturated rings. The average molecular weight is 252 g/mol. The fourth-order valence-electron chi connectivity index (χ4n) is 2.18. The van der Waals surface area contributed by atoms with Crippen LogP contribution in [0.3, 0.4) is 0 Å². The van der Waals surface area contributed by atoms with Gasteiger partial charge in [-0.1, -0.05) is 62.9 Å². The van der Waals surface area contributed by atoms with Crippen LogP contribution in [0.15, 0.2) is 61.2 Å². The van der Waals surface area contributed by atoms with E-state index in [1.165, 1.54) is 11.1 Å². The topological polar surface area (TPSA) is 9.23 Å². The summed E-state index contributed by atoms with van der Waals surface area (Å²) in [7, 11) is 1.68. The standard InChI is InChI=1S/C18H20O/c1-14(15-8-6-5-7-9-15)18(2,3)16-10-12-17(19-4)13-11-16/h5-13H,1H2,2-4H3. The molecule has 1 heteroatoms. The van der Waals surface area contributed by atoms with Crippen molar-refractivity contribution >= 4 is 5.57 Å². The number of allylic oxidation sites excluding steroid dienone is 1. The second-order valence-electron chi connectivity index (χ2n) is 5.20. The number of methoxy groups -OCH3 is 1. The van der Waals surface area contributed by atoms with Gasteiger partial charge in [0.15, 0.2) is 0 Å². The normalized spacial score (nSPS) is 11.1. The molecule has 2 rings (SSSR count). The Hall–Kier alpha value is -2.02. The molecule has 0 aliphatic carbocycles. The van der Waals surface area contributed by atoms with Gasteiger partial charge in [-0.25, -0.2) is 0 Å². The second-order valence-corrected chi connectivity index (χ2v) is 5.20. The molecular weight excluding hydrogens is 232 g/mol. The van der Waals surface area contributed by atoms with Crippen LogP contribution in [0.1, 0.15) is 25.0 Å². The molecule has 0 spiro atoms. The number of benzene rings is 2. The lowest BCUT2D eigenvalue weighted by molar-refractivity contribution is 0.414. The number of ether oxygens (including phenoxy) is 1. The Morgan fingerprint density at radius 1 is 0.947 bits per heavy atom. The highest BCUT2D eigenvalue weighted by Crippen LogP contribution is 2.37. The van der Waals surface area contributed by atoms with Gasteiger partial charge in [-0.2, -0.15) is 0 Å². The van der Waals surface area contributed by atoms with Crippen molar-refractivity contribution in [3.8, 4) is 5.75 Å². The molecule has 0 saturated carbocycles. The van der Waals surface area contributed by atoms with E-state index < -0.39 is 0 Å². The zero-order chi connectivity index (χ0) is 13.9. The number of hydrogen-bond acceptors (Lipinski definition) is 1. The molecular formula is C18H20O. The van der Waals surface area contributed by atoms with Gasteiger partial charge in [0.2, 0.25) is 0 Å². The quantitative estimate of drug-likeness (QED) is 0.767. The molecule has 0 bridgehead atoms. The van der Waals surface area contributed by atoms with Crippen molar-refractivity contribution in [2.24, 2.45) is 0 Å². The van der Waals surface area contributed by atoms with Crippen molar-refractivity contribution in [2.45, 2.75) is 19.3 Å². The predicted molar refractivity (Wildman–Crippen MR) is 81.5 cm³/mol. The van der Waals surface area contributed by atoms with Gasteiger partial charge in [-0.15, -0.1) is 0 Å². The summed E-state index contributed by atoms with van der Waals surface area (Å²) in [5.41, 5.74) is 3.44. The van der Waals surface area contributed by atoms with Crippen LogP contribution in [-0.4, -0.2) is 7.11 Å². The molecule has 0 aliphatic heterocycles. The van der Waals surface area contributed by atoms with Gasteiger partial charge in [-0.05, 0) is 28.8 Å². The van der Waals surface area contributed by atoms with E-state index >= 15 is 0 Å². The van der Waals surface area contributed by atoms with Gasteiger partial charge < -0.3 is 4.74 Å². The molecule has 0 unspecified atom stereocenters. The molecule has 98 valence electrons. The Balaban J connectivity index is 2.33. The van der Waals surface area contributed by atoms with Crippen LogP contribution in [0, 0.1) is 0 Å². The molecule has 0 saturated heterocycles. The van der Waals surface area contributed by atoms with Crippen molar-refractivity contribution in [1.29, 1.82) is 0 Å². The zero-order valence-corrected chi connectivity index (χ0v) is 11.8. The number of rotatable bonds is 4. The minimum absolute atomic E-state index is 0.104. The molecule has 2 aromatic carbocycles. The highest BCUT2D eigenvalue weighted by molar-refractivity contribution is 5.72. The summed E-state index contributed by atoms with van der Waals surface area (Å²) in [4.78, 5) is 0. The Morgan fingerprint density at radius 2 is 1.53 bits per heavy atom. The van der Waals surface area contributed by atoms with E-state index in [9.17, 15) is 0 Å². The Kier molecular flexibility index (Phi) is 3.75. The van der Waals surface area contributed by atoms with Crippen LogP contribution in [0.5, 0.6) is 5.75 Å². The summed E-state index contributed by atoms with van der Waals surface area (Å²) in [6, 6.07) is 18.5. The van der Waals surface area contributed by atoms with E-state index in [1.54, 1.807) is 7.11 Å². The van der Waals surface area contributed by atoms with Gasteiger partial charge in [0.1, 0.15) is 5.75 Å². The first-order chi connectivity index (χ1) is 9.05. The summed E-state index contributed by atoms with van der Waals surface area (Å²) in [5, 5.41) is 0. The van der Waals surface area contributed by atoms with E-state index in [0.717, 1.165) is 11.3 Å². The lowest BCUT2D eigenvalue weighted by Crippen LogP contribution is -2.18. The first-order valence-corrected chi connectivity index (χ1v) is 6.45. The van der Waals surface area contributed by atoms with E-state index in [1.807, 2.05) is 30.3 Å².